The zero-order valence-corrected chi connectivity index (χ0v) is 41.7. The first-order valence-electron chi connectivity index (χ1n) is 19.4. The Balaban J connectivity index is 1.83. The number of benzene rings is 4. The summed E-state index contributed by atoms with van der Waals surface area (Å²) < 4.78 is -1.22. The third-order valence-electron chi connectivity index (χ3n) is 11.2. The van der Waals surface area contributed by atoms with Gasteiger partial charge in [-0.25, -0.2) is 0 Å². The van der Waals surface area contributed by atoms with Gasteiger partial charge in [-0.2, -0.15) is 0 Å². The molecule has 0 heterocycles. The van der Waals surface area contributed by atoms with Crippen LogP contribution in [0.5, 0.6) is 0 Å². The molecule has 4 aromatic rings. The molecule has 0 saturated carbocycles. The minimum absolute atomic E-state index is 0.0433. The molecule has 0 aromatic heterocycles. The van der Waals surface area contributed by atoms with Gasteiger partial charge in [-0.1, -0.05) is 0 Å². The molecule has 0 aliphatic heterocycles. The SMILES string of the molecule is CC(C)(C)c1cc2c(cc1C(C)(C)C)[CH]([Zr](=[C](c1ccc(C(Cl)(Cl)Cl)cc1)c1ccc(C(Cl)(Cl)Cl)cc1)[CH]1C=CC=C1)c1cc(C(C)(C)C)c(C(C)(C)C)cc1-2. The molecular weight excluding hydrogens is 892 g/mol. The average molecular weight is 947 g/mol. The number of allylic oxidation sites excluding steroid dienone is 4. The van der Waals surface area contributed by atoms with Crippen LogP contribution in [-0.4, -0.2) is 3.21 Å². The fourth-order valence-corrected chi connectivity index (χ4v) is 18.5. The van der Waals surface area contributed by atoms with Crippen LogP contribution in [0.25, 0.3) is 11.1 Å². The number of fused-ring (bicyclic) bond motifs is 3. The molecule has 0 unspecified atom stereocenters. The Morgan fingerprint density at radius 2 is 0.750 bits per heavy atom. The summed E-state index contributed by atoms with van der Waals surface area (Å²) in [5.74, 6) is 0. The van der Waals surface area contributed by atoms with E-state index < -0.39 is 28.9 Å². The van der Waals surface area contributed by atoms with Crippen molar-refractivity contribution < 1.29 is 21.3 Å². The number of alkyl halides is 6. The maximum absolute atomic E-state index is 6.42. The van der Waals surface area contributed by atoms with E-state index in [0.717, 1.165) is 11.1 Å². The van der Waals surface area contributed by atoms with Gasteiger partial charge in [0.1, 0.15) is 0 Å². The Bertz CT molecular complexity index is 2080. The molecule has 6 rings (SSSR count). The zero-order valence-electron chi connectivity index (χ0n) is 34.7. The molecule has 0 nitrogen and oxygen atoms in total. The van der Waals surface area contributed by atoms with Crippen LogP contribution in [0.3, 0.4) is 0 Å². The Kier molecular flexibility index (Phi) is 12.2. The number of halogens is 6. The van der Waals surface area contributed by atoms with Gasteiger partial charge < -0.3 is 0 Å². The van der Waals surface area contributed by atoms with E-state index in [2.05, 4.69) is 156 Å². The van der Waals surface area contributed by atoms with Crippen molar-refractivity contribution in [1.82, 2.24) is 0 Å². The molecular formula is C49H54Cl6Zr. The molecule has 0 bridgehead atoms. The predicted molar refractivity (Wildman–Crippen MR) is 245 cm³/mol. The Morgan fingerprint density at radius 3 is 1.04 bits per heavy atom. The summed E-state index contributed by atoms with van der Waals surface area (Å²) in [6, 6.07) is 26.7. The zero-order chi connectivity index (χ0) is 41.6. The van der Waals surface area contributed by atoms with Gasteiger partial charge >= 0.3 is 378 Å². The van der Waals surface area contributed by atoms with E-state index in [4.69, 9.17) is 69.6 Å². The van der Waals surface area contributed by atoms with Crippen molar-refractivity contribution in [1.29, 1.82) is 0 Å². The van der Waals surface area contributed by atoms with Gasteiger partial charge in [0.05, 0.1) is 0 Å². The van der Waals surface area contributed by atoms with E-state index >= 15 is 0 Å². The average Bonchev–Trinajstić information content (AvgIpc) is 3.70. The molecule has 0 fully saturated rings. The summed E-state index contributed by atoms with van der Waals surface area (Å²) in [6.45, 7) is 28.2. The number of hydrogen-bond acceptors (Lipinski definition) is 0. The van der Waals surface area contributed by atoms with Gasteiger partial charge in [0.15, 0.2) is 0 Å². The van der Waals surface area contributed by atoms with Crippen LogP contribution in [0.2, 0.25) is 3.63 Å². The predicted octanol–water partition coefficient (Wildman–Crippen LogP) is 16.4. The third kappa shape index (κ3) is 8.97. The fourth-order valence-electron chi connectivity index (χ4n) is 8.46. The molecule has 0 N–H and O–H groups in total. The van der Waals surface area contributed by atoms with Gasteiger partial charge in [0.25, 0.3) is 0 Å². The molecule has 2 aliphatic carbocycles. The second kappa shape index (κ2) is 15.4. The summed E-state index contributed by atoms with van der Waals surface area (Å²) in [5.41, 5.74) is 14.6. The standard InChI is InChI=1S/C29H41.C15H8Cl6.C5H5.Zr/c1-26(2,3)22-14-18-13-19-15-23(27(4,5)6)25(29(10,11)12)17-21(19)20(18)16-24(22)28(7,8)9;16-14(17,18)12-5-1-10(2-6-12)9-11-3-7-13(8-4-11)15(19,20)21;1-2-4-5-3-1;/h13-17H,1-12H3;1-8H;1-5H;. The summed E-state index contributed by atoms with van der Waals surface area (Å²) >= 11 is 35.4. The second-order valence-electron chi connectivity index (χ2n) is 19.7. The van der Waals surface area contributed by atoms with Crippen molar-refractivity contribution in [2.75, 3.05) is 0 Å². The van der Waals surface area contributed by atoms with Crippen molar-refractivity contribution in [2.45, 2.75) is 120 Å². The molecule has 2 aliphatic rings. The molecule has 296 valence electrons. The molecule has 56 heavy (non-hydrogen) atoms. The summed E-state index contributed by atoms with van der Waals surface area (Å²) in [7, 11) is 0. The van der Waals surface area contributed by atoms with E-state index in [1.807, 2.05) is 24.3 Å². The van der Waals surface area contributed by atoms with Gasteiger partial charge in [-0.15, -0.1) is 0 Å². The van der Waals surface area contributed by atoms with Crippen LogP contribution in [0, 0.1) is 0 Å². The van der Waals surface area contributed by atoms with Crippen molar-refractivity contribution in [3.8, 4) is 11.1 Å². The minimum atomic E-state index is -3.12. The molecule has 0 amide bonds. The van der Waals surface area contributed by atoms with Gasteiger partial charge in [-0.05, 0) is 0 Å². The van der Waals surface area contributed by atoms with E-state index in [-0.39, 0.29) is 28.9 Å². The maximum atomic E-state index is 6.42. The Morgan fingerprint density at radius 1 is 0.446 bits per heavy atom. The van der Waals surface area contributed by atoms with Crippen LogP contribution in [0.1, 0.15) is 142 Å². The monoisotopic (exact) mass is 942 g/mol. The quantitative estimate of drug-likeness (QED) is 0.179. The number of hydrogen-bond donors (Lipinski definition) is 0. The molecule has 0 spiro atoms. The Hall–Kier alpha value is -1.15. The molecule has 4 aromatic carbocycles. The molecule has 7 heteroatoms. The molecule has 0 saturated heterocycles. The summed E-state index contributed by atoms with van der Waals surface area (Å²) in [6.07, 6.45) is 9.31. The number of rotatable bonds is 4. The van der Waals surface area contributed by atoms with Crippen molar-refractivity contribution in [2.24, 2.45) is 0 Å². The summed E-state index contributed by atoms with van der Waals surface area (Å²) in [5, 5.41) is 0. The van der Waals surface area contributed by atoms with Crippen molar-refractivity contribution in [3.63, 3.8) is 0 Å². The molecule has 0 atom stereocenters. The topological polar surface area (TPSA) is 0 Å². The first kappa shape index (κ1) is 44.4. The van der Waals surface area contributed by atoms with E-state index in [1.54, 1.807) is 0 Å². The van der Waals surface area contributed by atoms with E-state index in [9.17, 15) is 0 Å². The first-order chi connectivity index (χ1) is 25.6. The van der Waals surface area contributed by atoms with Gasteiger partial charge in [-0.3, -0.25) is 0 Å². The summed E-state index contributed by atoms with van der Waals surface area (Å²) in [4.78, 5) is 0. The van der Waals surface area contributed by atoms with Crippen molar-refractivity contribution in [3.05, 3.63) is 153 Å². The van der Waals surface area contributed by atoms with Crippen LogP contribution in [0.4, 0.5) is 0 Å². The van der Waals surface area contributed by atoms with Crippen LogP contribution >= 0.6 is 69.6 Å². The first-order valence-corrected chi connectivity index (χ1v) is 25.7. The Labute approximate surface area is 374 Å². The second-order valence-corrected chi connectivity index (χ2v) is 30.8. The molecule has 0 radical (unpaired) electrons. The van der Waals surface area contributed by atoms with E-state index in [1.165, 1.54) is 47.7 Å². The van der Waals surface area contributed by atoms with Crippen LogP contribution in [-0.2, 0) is 50.5 Å². The van der Waals surface area contributed by atoms with Crippen LogP contribution < -0.4 is 0 Å². The van der Waals surface area contributed by atoms with Gasteiger partial charge in [0.2, 0.25) is 0 Å². The van der Waals surface area contributed by atoms with E-state index in [0.29, 0.717) is 11.1 Å². The normalized spacial score (nSPS) is 15.4. The third-order valence-corrected chi connectivity index (χ3v) is 21.1. The fraction of sp³-hybridized carbons (Fsp3) is 0.408. The van der Waals surface area contributed by atoms with Crippen LogP contribution in [0.15, 0.2) is 97.1 Å². The van der Waals surface area contributed by atoms with Crippen molar-refractivity contribution >= 4 is 72.8 Å². The van der Waals surface area contributed by atoms with Gasteiger partial charge in [0, 0.05) is 0 Å².